The highest BCUT2D eigenvalue weighted by Crippen LogP contribution is 2.19. The average molecular weight is 357 g/mol. The Labute approximate surface area is 153 Å². The summed E-state index contributed by atoms with van der Waals surface area (Å²) in [6, 6.07) is 14.0. The molecule has 26 heavy (non-hydrogen) atoms. The van der Waals surface area contributed by atoms with Gasteiger partial charge in [-0.3, -0.25) is 4.79 Å². The van der Waals surface area contributed by atoms with Gasteiger partial charge in [-0.15, -0.1) is 0 Å². The fourth-order valence-electron chi connectivity index (χ4n) is 2.33. The molecule has 0 saturated heterocycles. The van der Waals surface area contributed by atoms with Gasteiger partial charge in [0.2, 0.25) is 0 Å². The van der Waals surface area contributed by atoms with Crippen molar-refractivity contribution >= 4 is 11.9 Å². The fraction of sp³-hybridized carbons (Fsp3) is 0.300. The summed E-state index contributed by atoms with van der Waals surface area (Å²) in [5.41, 5.74) is 1.36. The van der Waals surface area contributed by atoms with Gasteiger partial charge < -0.3 is 19.1 Å². The number of hydrogen-bond donors (Lipinski definition) is 0. The van der Waals surface area contributed by atoms with Crippen molar-refractivity contribution in [2.24, 2.45) is 0 Å². The van der Waals surface area contributed by atoms with Crippen LogP contribution in [0.5, 0.6) is 11.5 Å². The summed E-state index contributed by atoms with van der Waals surface area (Å²) in [5.74, 6) is 0.705. The summed E-state index contributed by atoms with van der Waals surface area (Å²) in [6.45, 7) is 2.41. The van der Waals surface area contributed by atoms with E-state index in [-0.39, 0.29) is 18.5 Å². The molecule has 0 radical (unpaired) electrons. The van der Waals surface area contributed by atoms with Gasteiger partial charge in [-0.2, -0.15) is 0 Å². The van der Waals surface area contributed by atoms with Crippen LogP contribution in [0.2, 0.25) is 0 Å². The van der Waals surface area contributed by atoms with E-state index in [1.807, 2.05) is 24.3 Å². The van der Waals surface area contributed by atoms with Gasteiger partial charge in [-0.05, 0) is 37.3 Å². The first-order chi connectivity index (χ1) is 12.5. The monoisotopic (exact) mass is 357 g/mol. The SMILES string of the molecule is CCOC(=O)c1ccc(OCC(=O)N(C)Cc2ccccc2OC)cc1. The zero-order chi connectivity index (χ0) is 18.9. The lowest BCUT2D eigenvalue weighted by Gasteiger charge is -2.19. The molecular weight excluding hydrogens is 334 g/mol. The largest absolute Gasteiger partial charge is 0.496 e. The van der Waals surface area contributed by atoms with E-state index < -0.39 is 0 Å². The van der Waals surface area contributed by atoms with E-state index in [0.717, 1.165) is 11.3 Å². The molecule has 0 aromatic heterocycles. The van der Waals surface area contributed by atoms with Crippen molar-refractivity contribution < 1.29 is 23.8 Å². The van der Waals surface area contributed by atoms with Crippen LogP contribution in [0.1, 0.15) is 22.8 Å². The third kappa shape index (κ3) is 5.24. The van der Waals surface area contributed by atoms with E-state index in [1.165, 1.54) is 0 Å². The second-order valence-corrected chi connectivity index (χ2v) is 5.60. The minimum atomic E-state index is -0.383. The third-order valence-electron chi connectivity index (χ3n) is 3.75. The number of nitrogens with zero attached hydrogens (tertiary/aromatic N) is 1. The van der Waals surface area contributed by atoms with Crippen LogP contribution in [0.3, 0.4) is 0 Å². The van der Waals surface area contributed by atoms with Crippen molar-refractivity contribution in [1.29, 1.82) is 0 Å². The smallest absolute Gasteiger partial charge is 0.338 e. The Morgan fingerprint density at radius 3 is 2.38 bits per heavy atom. The van der Waals surface area contributed by atoms with Crippen molar-refractivity contribution in [1.82, 2.24) is 4.90 Å². The summed E-state index contributed by atoms with van der Waals surface area (Å²) in [4.78, 5) is 25.4. The first-order valence-corrected chi connectivity index (χ1v) is 8.31. The summed E-state index contributed by atoms with van der Waals surface area (Å²) >= 11 is 0. The van der Waals surface area contributed by atoms with Crippen LogP contribution in [-0.2, 0) is 16.1 Å². The van der Waals surface area contributed by atoms with Gasteiger partial charge in [0.15, 0.2) is 6.61 Å². The highest BCUT2D eigenvalue weighted by Gasteiger charge is 2.13. The van der Waals surface area contributed by atoms with Crippen molar-refractivity contribution in [2.45, 2.75) is 13.5 Å². The van der Waals surface area contributed by atoms with Crippen LogP contribution in [-0.4, -0.2) is 44.1 Å². The van der Waals surface area contributed by atoms with Gasteiger partial charge in [0.25, 0.3) is 5.91 Å². The lowest BCUT2D eigenvalue weighted by Crippen LogP contribution is -2.31. The van der Waals surface area contributed by atoms with E-state index >= 15 is 0 Å². The summed E-state index contributed by atoms with van der Waals surface area (Å²) in [5, 5.41) is 0. The normalized spacial score (nSPS) is 10.1. The number of esters is 1. The van der Waals surface area contributed by atoms with Crippen molar-refractivity contribution in [3.05, 3.63) is 59.7 Å². The number of likely N-dealkylation sites (N-methyl/N-ethyl adjacent to an activating group) is 1. The van der Waals surface area contributed by atoms with Crippen LogP contribution in [0.15, 0.2) is 48.5 Å². The standard InChI is InChI=1S/C20H23NO5/c1-4-25-20(23)15-9-11-17(12-10-15)26-14-19(22)21(2)13-16-7-5-6-8-18(16)24-3/h5-12H,4,13-14H2,1-3H3. The molecule has 6 nitrogen and oxygen atoms in total. The van der Waals surface area contributed by atoms with Crippen LogP contribution < -0.4 is 9.47 Å². The number of ether oxygens (including phenoxy) is 3. The van der Waals surface area contributed by atoms with E-state index in [0.29, 0.717) is 24.5 Å². The quantitative estimate of drug-likeness (QED) is 0.680. The van der Waals surface area contributed by atoms with Gasteiger partial charge in [-0.25, -0.2) is 4.79 Å². The van der Waals surface area contributed by atoms with Gasteiger partial charge in [0.05, 0.1) is 19.3 Å². The Kier molecular flexibility index (Phi) is 7.02. The second kappa shape index (κ2) is 9.46. The molecule has 0 heterocycles. The molecule has 6 heteroatoms. The number of rotatable bonds is 8. The van der Waals surface area contributed by atoms with Crippen LogP contribution in [0, 0.1) is 0 Å². The number of carbonyl (C=O) groups excluding carboxylic acids is 2. The second-order valence-electron chi connectivity index (χ2n) is 5.60. The molecule has 138 valence electrons. The van der Waals surface area contributed by atoms with Gasteiger partial charge in [0.1, 0.15) is 11.5 Å². The molecule has 0 spiro atoms. The lowest BCUT2D eigenvalue weighted by atomic mass is 10.2. The van der Waals surface area contributed by atoms with Crippen LogP contribution in [0.4, 0.5) is 0 Å². The average Bonchev–Trinajstić information content (AvgIpc) is 2.67. The van der Waals surface area contributed by atoms with E-state index in [1.54, 1.807) is 50.2 Å². The number of benzene rings is 2. The predicted molar refractivity (Wildman–Crippen MR) is 97.4 cm³/mol. The summed E-state index contributed by atoms with van der Waals surface area (Å²) in [6.07, 6.45) is 0. The maximum absolute atomic E-state index is 12.3. The molecule has 0 aliphatic carbocycles. The minimum Gasteiger partial charge on any atom is -0.496 e. The van der Waals surface area contributed by atoms with Crippen molar-refractivity contribution in [2.75, 3.05) is 27.4 Å². The maximum Gasteiger partial charge on any atom is 0.338 e. The fourth-order valence-corrected chi connectivity index (χ4v) is 2.33. The Morgan fingerprint density at radius 2 is 1.73 bits per heavy atom. The lowest BCUT2D eigenvalue weighted by molar-refractivity contribution is -0.132. The molecule has 0 N–H and O–H groups in total. The topological polar surface area (TPSA) is 65.1 Å². The maximum atomic E-state index is 12.3. The Bertz CT molecular complexity index is 742. The van der Waals surface area contributed by atoms with Crippen molar-refractivity contribution in [3.8, 4) is 11.5 Å². The molecule has 2 rings (SSSR count). The van der Waals surface area contributed by atoms with Crippen LogP contribution in [0.25, 0.3) is 0 Å². The highest BCUT2D eigenvalue weighted by molar-refractivity contribution is 5.89. The predicted octanol–water partition coefficient (Wildman–Crippen LogP) is 2.91. The minimum absolute atomic E-state index is 0.0929. The molecule has 2 aromatic carbocycles. The van der Waals surface area contributed by atoms with E-state index in [4.69, 9.17) is 14.2 Å². The van der Waals surface area contributed by atoms with Gasteiger partial charge in [0, 0.05) is 19.2 Å². The first kappa shape index (κ1) is 19.3. The summed E-state index contributed by atoms with van der Waals surface area (Å²) in [7, 11) is 3.31. The van der Waals surface area contributed by atoms with E-state index in [9.17, 15) is 9.59 Å². The van der Waals surface area contributed by atoms with Gasteiger partial charge in [-0.1, -0.05) is 18.2 Å². The molecule has 0 bridgehead atoms. The Hall–Kier alpha value is -3.02. The molecule has 0 unspecified atom stereocenters. The molecule has 0 aliphatic rings. The molecule has 0 saturated carbocycles. The molecule has 0 atom stereocenters. The third-order valence-corrected chi connectivity index (χ3v) is 3.75. The number of amides is 1. The number of carbonyl (C=O) groups is 2. The summed E-state index contributed by atoms with van der Waals surface area (Å²) < 4.78 is 15.7. The van der Waals surface area contributed by atoms with E-state index in [2.05, 4.69) is 0 Å². The van der Waals surface area contributed by atoms with Crippen molar-refractivity contribution in [3.63, 3.8) is 0 Å². The Morgan fingerprint density at radius 1 is 1.04 bits per heavy atom. The van der Waals surface area contributed by atoms with Crippen LogP contribution >= 0.6 is 0 Å². The molecule has 2 aromatic rings. The number of methoxy groups -OCH3 is 1. The molecule has 1 amide bonds. The molecule has 0 fully saturated rings. The molecule has 0 aliphatic heterocycles. The zero-order valence-electron chi connectivity index (χ0n) is 15.2. The molecular formula is C20H23NO5. The zero-order valence-corrected chi connectivity index (χ0v) is 15.2. The van der Waals surface area contributed by atoms with Gasteiger partial charge >= 0.3 is 5.97 Å². The number of para-hydroxylation sites is 1. The highest BCUT2D eigenvalue weighted by atomic mass is 16.5. The first-order valence-electron chi connectivity index (χ1n) is 8.31. The Balaban J connectivity index is 1.88. The number of hydrogen-bond acceptors (Lipinski definition) is 5.